The molecule has 0 saturated carbocycles. The van der Waals surface area contributed by atoms with Gasteiger partial charge in [-0.15, -0.1) is 0 Å². The third kappa shape index (κ3) is 5.72. The Kier molecular flexibility index (Phi) is 5.64. The van der Waals surface area contributed by atoms with Gasteiger partial charge in [-0.05, 0) is 0 Å². The van der Waals surface area contributed by atoms with Crippen LogP contribution in [0.2, 0.25) is 0 Å². The van der Waals surface area contributed by atoms with Crippen LogP contribution in [0.15, 0.2) is 0 Å². The Hall–Kier alpha value is -0.710. The summed E-state index contributed by atoms with van der Waals surface area (Å²) in [6.45, 7) is 0.374. The molecule has 0 aromatic rings. The van der Waals surface area contributed by atoms with Gasteiger partial charge in [-0.1, -0.05) is 0 Å². The Morgan fingerprint density at radius 2 is 2.00 bits per heavy atom. The van der Waals surface area contributed by atoms with Gasteiger partial charge < -0.3 is 10.6 Å². The minimum Gasteiger partial charge on any atom is -0.359 e. The van der Waals surface area contributed by atoms with E-state index in [9.17, 15) is 9.59 Å². The van der Waals surface area contributed by atoms with Gasteiger partial charge in [0.25, 0.3) is 0 Å². The van der Waals surface area contributed by atoms with Gasteiger partial charge in [-0.2, -0.15) is 12.6 Å². The number of hydrogen-bond acceptors (Lipinski definition) is 3. The van der Waals surface area contributed by atoms with Crippen molar-refractivity contribution in [2.45, 2.75) is 6.42 Å². The van der Waals surface area contributed by atoms with Gasteiger partial charge >= 0.3 is 0 Å². The monoisotopic (exact) mass is 176 g/mol. The van der Waals surface area contributed by atoms with E-state index in [-0.39, 0.29) is 17.6 Å². The van der Waals surface area contributed by atoms with Gasteiger partial charge in [0.15, 0.2) is 0 Å². The normalized spacial score (nSPS) is 8.91. The Balaban J connectivity index is 3.27. The number of carbonyl (C=O) groups is 2. The lowest BCUT2D eigenvalue weighted by molar-refractivity contribution is -0.121. The summed E-state index contributed by atoms with van der Waals surface area (Å²) in [6, 6.07) is 0. The minimum absolute atomic E-state index is 0.0792. The Morgan fingerprint density at radius 3 is 2.45 bits per heavy atom. The van der Waals surface area contributed by atoms with Gasteiger partial charge in [0.1, 0.15) is 0 Å². The summed E-state index contributed by atoms with van der Waals surface area (Å²) in [5, 5.41) is 4.97. The standard InChI is InChI=1S/C6H12N2O2S/c1-7-5(9)2-3-8-6(10)4-11/h11H,2-4H2,1H3,(H,7,9)(H,8,10). The molecule has 2 amide bonds. The second kappa shape index (κ2) is 6.03. The lowest BCUT2D eigenvalue weighted by Gasteiger charge is -2.01. The number of thiol groups is 1. The van der Waals surface area contributed by atoms with Crippen LogP contribution in [-0.4, -0.2) is 31.2 Å². The van der Waals surface area contributed by atoms with E-state index < -0.39 is 0 Å². The number of rotatable bonds is 4. The molecule has 0 radical (unpaired) electrons. The highest BCUT2D eigenvalue weighted by molar-refractivity contribution is 7.81. The van der Waals surface area contributed by atoms with Crippen LogP contribution in [-0.2, 0) is 9.59 Å². The number of amides is 2. The molecule has 0 rings (SSSR count). The van der Waals surface area contributed by atoms with Crippen molar-refractivity contribution in [2.24, 2.45) is 0 Å². The van der Waals surface area contributed by atoms with Crippen LogP contribution in [0.5, 0.6) is 0 Å². The SMILES string of the molecule is CNC(=O)CCNC(=O)CS. The van der Waals surface area contributed by atoms with E-state index in [1.54, 1.807) is 7.05 Å². The third-order valence-electron chi connectivity index (χ3n) is 1.10. The van der Waals surface area contributed by atoms with E-state index in [4.69, 9.17) is 0 Å². The van der Waals surface area contributed by atoms with Crippen molar-refractivity contribution >= 4 is 24.4 Å². The highest BCUT2D eigenvalue weighted by Gasteiger charge is 1.99. The summed E-state index contributed by atoms with van der Waals surface area (Å²) in [5.74, 6) is -0.0741. The Morgan fingerprint density at radius 1 is 1.36 bits per heavy atom. The summed E-state index contributed by atoms with van der Waals surface area (Å²) in [6.07, 6.45) is 0.315. The molecule has 0 unspecified atom stereocenters. The highest BCUT2D eigenvalue weighted by Crippen LogP contribution is 1.77. The summed E-state index contributed by atoms with van der Waals surface area (Å²) < 4.78 is 0. The maximum absolute atomic E-state index is 10.6. The fourth-order valence-corrected chi connectivity index (χ4v) is 0.608. The third-order valence-corrected chi connectivity index (χ3v) is 1.38. The molecule has 0 bridgehead atoms. The lowest BCUT2D eigenvalue weighted by atomic mass is 10.4. The molecular weight excluding hydrogens is 164 g/mol. The van der Waals surface area contributed by atoms with E-state index in [2.05, 4.69) is 23.3 Å². The molecule has 0 atom stereocenters. The van der Waals surface area contributed by atoms with E-state index in [1.807, 2.05) is 0 Å². The molecule has 5 heteroatoms. The van der Waals surface area contributed by atoms with Crippen molar-refractivity contribution in [2.75, 3.05) is 19.3 Å². The fraction of sp³-hybridized carbons (Fsp3) is 0.667. The Labute approximate surface area is 71.1 Å². The molecule has 0 saturated heterocycles. The van der Waals surface area contributed by atoms with Gasteiger partial charge in [0.05, 0.1) is 5.75 Å². The average molecular weight is 176 g/mol. The number of carbonyl (C=O) groups excluding carboxylic acids is 2. The first-order valence-corrected chi connectivity index (χ1v) is 3.92. The van der Waals surface area contributed by atoms with Crippen molar-refractivity contribution in [1.82, 2.24) is 10.6 Å². The predicted molar refractivity (Wildman–Crippen MR) is 45.5 cm³/mol. The van der Waals surface area contributed by atoms with Crippen molar-refractivity contribution in [3.63, 3.8) is 0 Å². The fourth-order valence-electron chi connectivity index (χ4n) is 0.496. The maximum Gasteiger partial charge on any atom is 0.229 e. The largest absolute Gasteiger partial charge is 0.359 e. The van der Waals surface area contributed by atoms with Crippen LogP contribution in [0.4, 0.5) is 0 Å². The highest BCUT2D eigenvalue weighted by atomic mass is 32.1. The van der Waals surface area contributed by atoms with Gasteiger partial charge in [0.2, 0.25) is 11.8 Å². The van der Waals surface area contributed by atoms with Crippen molar-refractivity contribution in [3.05, 3.63) is 0 Å². The molecule has 11 heavy (non-hydrogen) atoms. The summed E-state index contributed by atoms with van der Waals surface area (Å²) in [7, 11) is 1.56. The zero-order valence-electron chi connectivity index (χ0n) is 6.39. The summed E-state index contributed by atoms with van der Waals surface area (Å²) >= 11 is 3.75. The Bertz CT molecular complexity index is 134. The van der Waals surface area contributed by atoms with Crippen LogP contribution in [0.25, 0.3) is 0 Å². The first-order chi connectivity index (χ1) is 5.20. The van der Waals surface area contributed by atoms with Crippen LogP contribution in [0, 0.1) is 0 Å². The first-order valence-electron chi connectivity index (χ1n) is 3.29. The second-order valence-corrected chi connectivity index (χ2v) is 2.25. The van der Waals surface area contributed by atoms with Crippen LogP contribution >= 0.6 is 12.6 Å². The van der Waals surface area contributed by atoms with E-state index in [1.165, 1.54) is 0 Å². The van der Waals surface area contributed by atoms with E-state index in [0.29, 0.717) is 13.0 Å². The zero-order valence-corrected chi connectivity index (χ0v) is 7.28. The molecule has 0 heterocycles. The molecule has 64 valence electrons. The van der Waals surface area contributed by atoms with Crippen LogP contribution in [0.3, 0.4) is 0 Å². The number of hydrogen-bond donors (Lipinski definition) is 3. The molecule has 0 spiro atoms. The second-order valence-electron chi connectivity index (χ2n) is 1.93. The van der Waals surface area contributed by atoms with Crippen LogP contribution < -0.4 is 10.6 Å². The average Bonchev–Trinajstić information content (AvgIpc) is 2.04. The smallest absolute Gasteiger partial charge is 0.229 e. The molecule has 0 aliphatic rings. The molecular formula is C6H12N2O2S. The molecule has 0 fully saturated rings. The molecule has 2 N–H and O–H groups in total. The predicted octanol–water partition coefficient (Wildman–Crippen LogP) is -0.832. The number of nitrogens with one attached hydrogen (secondary N) is 2. The zero-order chi connectivity index (χ0) is 8.69. The van der Waals surface area contributed by atoms with Crippen molar-refractivity contribution < 1.29 is 9.59 Å². The van der Waals surface area contributed by atoms with Crippen LogP contribution in [0.1, 0.15) is 6.42 Å². The molecule has 0 aromatic carbocycles. The van der Waals surface area contributed by atoms with Crippen molar-refractivity contribution in [3.8, 4) is 0 Å². The molecule has 0 aliphatic heterocycles. The van der Waals surface area contributed by atoms with E-state index >= 15 is 0 Å². The van der Waals surface area contributed by atoms with Gasteiger partial charge in [-0.25, -0.2) is 0 Å². The van der Waals surface area contributed by atoms with Gasteiger partial charge in [0, 0.05) is 20.0 Å². The summed E-state index contributed by atoms with van der Waals surface area (Å²) in [5.41, 5.74) is 0. The van der Waals surface area contributed by atoms with E-state index in [0.717, 1.165) is 0 Å². The minimum atomic E-state index is -0.155. The first kappa shape index (κ1) is 10.3. The molecule has 0 aliphatic carbocycles. The molecule has 0 aromatic heterocycles. The summed E-state index contributed by atoms with van der Waals surface area (Å²) in [4.78, 5) is 21.2. The lowest BCUT2D eigenvalue weighted by Crippen LogP contribution is -2.29. The molecule has 4 nitrogen and oxygen atoms in total. The van der Waals surface area contributed by atoms with Crippen molar-refractivity contribution in [1.29, 1.82) is 0 Å². The van der Waals surface area contributed by atoms with Gasteiger partial charge in [-0.3, -0.25) is 9.59 Å². The quantitative estimate of drug-likeness (QED) is 0.490. The maximum atomic E-state index is 10.6. The topological polar surface area (TPSA) is 58.2 Å².